The van der Waals surface area contributed by atoms with E-state index in [0.717, 1.165) is 0 Å². The van der Waals surface area contributed by atoms with Gasteiger partial charge in [-0.2, -0.15) is 13.2 Å². The Hall–Kier alpha value is -0.720. The van der Waals surface area contributed by atoms with Crippen LogP contribution < -0.4 is 5.43 Å². The summed E-state index contributed by atoms with van der Waals surface area (Å²) in [6, 6.07) is 2.66. The fourth-order valence-electron chi connectivity index (χ4n) is 1.47. The third kappa shape index (κ3) is 2.13. The second kappa shape index (κ2) is 4.43. The van der Waals surface area contributed by atoms with Crippen LogP contribution in [0.3, 0.4) is 0 Å². The number of hydrogen-bond acceptors (Lipinski definition) is 1. The van der Waals surface area contributed by atoms with Crippen molar-refractivity contribution in [1.29, 1.82) is 0 Å². The van der Waals surface area contributed by atoms with Gasteiger partial charge >= 0.3 is 6.18 Å². The molecule has 2 rings (SSSR count). The molecule has 0 aliphatic rings. The van der Waals surface area contributed by atoms with Crippen LogP contribution in [0.2, 0.25) is 10.0 Å². The molecular weight excluding hydrogens is 358 g/mol. The fraction of sp³-hybridized carbons (Fsp3) is 0.100. The van der Waals surface area contributed by atoms with Crippen molar-refractivity contribution in [3.63, 3.8) is 0 Å². The van der Waals surface area contributed by atoms with Gasteiger partial charge < -0.3 is 4.98 Å². The van der Waals surface area contributed by atoms with Crippen LogP contribution in [0.4, 0.5) is 13.2 Å². The fourth-order valence-corrected chi connectivity index (χ4v) is 2.38. The minimum atomic E-state index is -4.70. The van der Waals surface area contributed by atoms with Crippen molar-refractivity contribution in [2.75, 3.05) is 0 Å². The molecule has 18 heavy (non-hydrogen) atoms. The number of H-pyrrole nitrogens is 1. The largest absolute Gasteiger partial charge is 0.432 e. The van der Waals surface area contributed by atoms with E-state index in [1.165, 1.54) is 12.1 Å². The molecule has 1 aromatic carbocycles. The van der Waals surface area contributed by atoms with Gasteiger partial charge in [0, 0.05) is 5.39 Å². The Balaban J connectivity index is 2.99. The standard InChI is InChI=1S/C10H3BrCl2F3NO/c11-5-8(18)3-1-2-4(12)6(13)7(3)17-9(5)10(14,15)16/h1-2H,(H,17,18). The maximum atomic E-state index is 12.7. The summed E-state index contributed by atoms with van der Waals surface area (Å²) < 4.78 is 37.6. The maximum absolute atomic E-state index is 12.7. The first-order chi connectivity index (χ1) is 8.23. The number of pyridine rings is 1. The Morgan fingerprint density at radius 1 is 1.22 bits per heavy atom. The van der Waals surface area contributed by atoms with Crippen molar-refractivity contribution in [1.82, 2.24) is 4.98 Å². The van der Waals surface area contributed by atoms with E-state index < -0.39 is 21.8 Å². The van der Waals surface area contributed by atoms with Crippen molar-refractivity contribution in [3.8, 4) is 0 Å². The third-order valence-electron chi connectivity index (χ3n) is 2.29. The molecule has 0 bridgehead atoms. The average molecular weight is 361 g/mol. The smallest absolute Gasteiger partial charge is 0.349 e. The molecule has 0 saturated heterocycles. The molecule has 0 saturated carbocycles. The Bertz CT molecular complexity index is 696. The first-order valence-corrected chi connectivity index (χ1v) is 6.05. The summed E-state index contributed by atoms with van der Waals surface area (Å²) in [4.78, 5) is 13.9. The quantitative estimate of drug-likeness (QED) is 0.730. The van der Waals surface area contributed by atoms with E-state index in [0.29, 0.717) is 0 Å². The molecule has 1 N–H and O–H groups in total. The Morgan fingerprint density at radius 3 is 2.39 bits per heavy atom. The summed E-state index contributed by atoms with van der Waals surface area (Å²) in [5.74, 6) is 0. The van der Waals surface area contributed by atoms with E-state index in [9.17, 15) is 18.0 Å². The number of rotatable bonds is 0. The molecule has 0 atom stereocenters. The number of halogens is 6. The number of aromatic nitrogens is 1. The summed E-state index contributed by atoms with van der Waals surface area (Å²) in [6.07, 6.45) is -4.70. The van der Waals surface area contributed by atoms with Crippen LogP contribution in [0.1, 0.15) is 5.69 Å². The minimum Gasteiger partial charge on any atom is -0.349 e. The van der Waals surface area contributed by atoms with Gasteiger partial charge in [0.25, 0.3) is 0 Å². The highest BCUT2D eigenvalue weighted by atomic mass is 79.9. The van der Waals surface area contributed by atoms with Crippen molar-refractivity contribution in [2.24, 2.45) is 0 Å². The van der Waals surface area contributed by atoms with Gasteiger partial charge in [0.05, 0.1) is 20.0 Å². The van der Waals surface area contributed by atoms with E-state index in [4.69, 9.17) is 23.2 Å². The van der Waals surface area contributed by atoms with Gasteiger partial charge in [-0.1, -0.05) is 23.2 Å². The first kappa shape index (κ1) is 13.7. The zero-order valence-electron chi connectivity index (χ0n) is 8.33. The van der Waals surface area contributed by atoms with Crippen LogP contribution in [0.15, 0.2) is 21.4 Å². The summed E-state index contributed by atoms with van der Waals surface area (Å²) >= 11 is 14.1. The van der Waals surface area contributed by atoms with Gasteiger partial charge in [0.2, 0.25) is 5.43 Å². The molecular formula is C10H3BrCl2F3NO. The number of nitrogens with one attached hydrogen (secondary N) is 1. The molecule has 2 aromatic rings. The van der Waals surface area contributed by atoms with Gasteiger partial charge in [-0.3, -0.25) is 4.79 Å². The zero-order chi connectivity index (χ0) is 13.7. The molecule has 1 aromatic heterocycles. The highest BCUT2D eigenvalue weighted by Gasteiger charge is 2.36. The number of hydrogen-bond donors (Lipinski definition) is 1. The van der Waals surface area contributed by atoms with Crippen molar-refractivity contribution >= 4 is 50.0 Å². The van der Waals surface area contributed by atoms with Gasteiger partial charge in [0.1, 0.15) is 5.69 Å². The normalized spacial score (nSPS) is 12.1. The lowest BCUT2D eigenvalue weighted by Crippen LogP contribution is -2.16. The van der Waals surface area contributed by atoms with Gasteiger partial charge in [0.15, 0.2) is 0 Å². The Labute approximate surface area is 117 Å². The van der Waals surface area contributed by atoms with Crippen LogP contribution in [0.5, 0.6) is 0 Å². The molecule has 0 spiro atoms. The van der Waals surface area contributed by atoms with Crippen LogP contribution in [0, 0.1) is 0 Å². The monoisotopic (exact) mass is 359 g/mol. The van der Waals surface area contributed by atoms with E-state index in [2.05, 4.69) is 20.9 Å². The molecule has 0 unspecified atom stereocenters. The summed E-state index contributed by atoms with van der Waals surface area (Å²) in [5, 5.41) is -0.0243. The van der Waals surface area contributed by atoms with Gasteiger partial charge in [-0.25, -0.2) is 0 Å². The van der Waals surface area contributed by atoms with Crippen molar-refractivity contribution < 1.29 is 13.2 Å². The topological polar surface area (TPSA) is 32.9 Å². The highest BCUT2D eigenvalue weighted by molar-refractivity contribution is 9.10. The van der Waals surface area contributed by atoms with Gasteiger partial charge in [-0.05, 0) is 28.1 Å². The van der Waals surface area contributed by atoms with E-state index in [1.54, 1.807) is 0 Å². The molecule has 0 radical (unpaired) electrons. The first-order valence-electron chi connectivity index (χ1n) is 4.50. The van der Waals surface area contributed by atoms with Crippen molar-refractivity contribution in [2.45, 2.75) is 6.18 Å². The predicted octanol–water partition coefficient (Wildman–Crippen LogP) is 4.62. The molecule has 1 heterocycles. The SMILES string of the molecule is O=c1c(Br)c(C(F)(F)F)[nH]c2c(Cl)c(Cl)ccc12. The maximum Gasteiger partial charge on any atom is 0.432 e. The molecule has 0 fully saturated rings. The summed E-state index contributed by atoms with van der Waals surface area (Å²) in [7, 11) is 0. The Kier molecular flexibility index (Phi) is 3.38. The average Bonchev–Trinajstić information content (AvgIpc) is 2.26. The van der Waals surface area contributed by atoms with Crippen LogP contribution in [-0.2, 0) is 6.18 Å². The highest BCUT2D eigenvalue weighted by Crippen LogP contribution is 2.35. The van der Waals surface area contributed by atoms with Crippen LogP contribution in [0.25, 0.3) is 10.9 Å². The lowest BCUT2D eigenvalue weighted by Gasteiger charge is -2.11. The molecule has 0 amide bonds. The van der Waals surface area contributed by atoms with Crippen molar-refractivity contribution in [3.05, 3.63) is 42.6 Å². The lowest BCUT2D eigenvalue weighted by atomic mass is 10.2. The third-order valence-corrected chi connectivity index (χ3v) is 3.85. The zero-order valence-corrected chi connectivity index (χ0v) is 11.4. The molecule has 2 nitrogen and oxygen atoms in total. The predicted molar refractivity (Wildman–Crippen MR) is 67.3 cm³/mol. The van der Waals surface area contributed by atoms with E-state index >= 15 is 0 Å². The lowest BCUT2D eigenvalue weighted by molar-refractivity contribution is -0.141. The van der Waals surface area contributed by atoms with Crippen LogP contribution in [-0.4, -0.2) is 4.98 Å². The molecule has 0 aliphatic carbocycles. The van der Waals surface area contributed by atoms with Gasteiger partial charge in [-0.15, -0.1) is 0 Å². The van der Waals surface area contributed by atoms with Crippen LogP contribution >= 0.6 is 39.1 Å². The molecule has 0 aliphatic heterocycles. The summed E-state index contributed by atoms with van der Waals surface area (Å²) in [5.41, 5.74) is -2.12. The molecule has 96 valence electrons. The number of aromatic amines is 1. The second-order valence-corrected chi connectivity index (χ2v) is 5.00. The van der Waals surface area contributed by atoms with E-state index in [-0.39, 0.29) is 20.9 Å². The summed E-state index contributed by atoms with van der Waals surface area (Å²) in [6.45, 7) is 0. The number of alkyl halides is 3. The number of benzene rings is 1. The van der Waals surface area contributed by atoms with E-state index in [1.807, 2.05) is 0 Å². The second-order valence-electron chi connectivity index (χ2n) is 3.42. The Morgan fingerprint density at radius 2 is 1.83 bits per heavy atom. The minimum absolute atomic E-state index is 0.0317. The molecule has 8 heteroatoms. The number of fused-ring (bicyclic) bond motifs is 1.